The average Bonchev–Trinajstić information content (AvgIpc) is 2.42. The van der Waals surface area contributed by atoms with E-state index >= 15 is 0 Å². The molecule has 0 aliphatic heterocycles. The first kappa shape index (κ1) is 13.2. The molecule has 0 fully saturated rings. The number of nitro benzene ring substituents is 1. The summed E-state index contributed by atoms with van der Waals surface area (Å²) in [5.74, 6) is 0. The minimum atomic E-state index is -1.38. The molecule has 8 nitrogen and oxygen atoms in total. The summed E-state index contributed by atoms with van der Waals surface area (Å²) in [5, 5.41) is 10.3. The second-order valence-electron chi connectivity index (χ2n) is 3.44. The highest BCUT2D eigenvalue weighted by Gasteiger charge is 2.22. The summed E-state index contributed by atoms with van der Waals surface area (Å²) >= 11 is 11.4. The fourth-order valence-electron chi connectivity index (χ4n) is 1.46. The summed E-state index contributed by atoms with van der Waals surface area (Å²) < 4.78 is 0. The average molecular weight is 304 g/mol. The van der Waals surface area contributed by atoms with Crippen molar-refractivity contribution in [3.8, 4) is 0 Å². The highest BCUT2D eigenvalue weighted by molar-refractivity contribution is 6.44. The topological polar surface area (TPSA) is 126 Å². The Morgan fingerprint density at radius 1 is 1.11 bits per heavy atom. The lowest BCUT2D eigenvalue weighted by atomic mass is 10.2. The first-order chi connectivity index (χ1) is 8.82. The van der Waals surface area contributed by atoms with Crippen molar-refractivity contribution in [3.05, 3.63) is 57.2 Å². The lowest BCUT2D eigenvalue weighted by Gasteiger charge is -2.00. The van der Waals surface area contributed by atoms with E-state index in [-0.39, 0.29) is 16.1 Å². The SMILES string of the molecule is O=c1[nH]c2cc(Cl)c(Cl)c([N+](=O)[O-])c2[nH]c(=O)c1=O. The van der Waals surface area contributed by atoms with Crippen LogP contribution in [0.3, 0.4) is 0 Å². The van der Waals surface area contributed by atoms with Crippen LogP contribution in [0.15, 0.2) is 20.4 Å². The lowest BCUT2D eigenvalue weighted by molar-refractivity contribution is -0.383. The molecule has 0 saturated heterocycles. The van der Waals surface area contributed by atoms with Crippen LogP contribution in [0.1, 0.15) is 0 Å². The van der Waals surface area contributed by atoms with Crippen molar-refractivity contribution in [1.82, 2.24) is 9.97 Å². The van der Waals surface area contributed by atoms with E-state index in [9.17, 15) is 24.5 Å². The predicted molar refractivity (Wildman–Crippen MR) is 68.1 cm³/mol. The Balaban J connectivity index is 3.24. The molecule has 2 rings (SSSR count). The molecule has 0 unspecified atom stereocenters. The molecule has 0 spiro atoms. The van der Waals surface area contributed by atoms with Gasteiger partial charge in [-0.05, 0) is 6.07 Å². The zero-order valence-corrected chi connectivity index (χ0v) is 10.3. The zero-order chi connectivity index (χ0) is 14.3. The lowest BCUT2D eigenvalue weighted by Crippen LogP contribution is -2.36. The summed E-state index contributed by atoms with van der Waals surface area (Å²) in [6.45, 7) is 0. The number of hydrogen-bond donors (Lipinski definition) is 2. The van der Waals surface area contributed by atoms with Crippen molar-refractivity contribution in [3.63, 3.8) is 0 Å². The van der Waals surface area contributed by atoms with Crippen LogP contribution in [0.5, 0.6) is 0 Å². The largest absolute Gasteiger partial charge is 0.317 e. The molecule has 0 radical (unpaired) electrons. The summed E-state index contributed by atoms with van der Waals surface area (Å²) in [7, 11) is 0. The van der Waals surface area contributed by atoms with Gasteiger partial charge in [0, 0.05) is 0 Å². The van der Waals surface area contributed by atoms with E-state index in [1.54, 1.807) is 0 Å². The van der Waals surface area contributed by atoms with Crippen molar-refractivity contribution in [2.24, 2.45) is 0 Å². The van der Waals surface area contributed by atoms with E-state index in [4.69, 9.17) is 23.2 Å². The zero-order valence-electron chi connectivity index (χ0n) is 8.82. The highest BCUT2D eigenvalue weighted by Crippen LogP contribution is 2.36. The van der Waals surface area contributed by atoms with Crippen LogP contribution in [0.25, 0.3) is 11.0 Å². The molecule has 19 heavy (non-hydrogen) atoms. The van der Waals surface area contributed by atoms with E-state index in [1.165, 1.54) is 0 Å². The van der Waals surface area contributed by atoms with Crippen LogP contribution >= 0.6 is 23.2 Å². The summed E-state index contributed by atoms with van der Waals surface area (Å²) in [4.78, 5) is 47.9. The van der Waals surface area contributed by atoms with Crippen LogP contribution in [-0.2, 0) is 0 Å². The van der Waals surface area contributed by atoms with Crippen molar-refractivity contribution >= 4 is 39.9 Å². The van der Waals surface area contributed by atoms with Crippen molar-refractivity contribution in [2.75, 3.05) is 0 Å². The molecule has 2 N–H and O–H groups in total. The maximum Gasteiger partial charge on any atom is 0.314 e. The van der Waals surface area contributed by atoms with Crippen molar-refractivity contribution in [2.45, 2.75) is 0 Å². The molecular weight excluding hydrogens is 301 g/mol. The molecule has 1 aromatic carbocycles. The third-order valence-corrected chi connectivity index (χ3v) is 3.05. The minimum absolute atomic E-state index is 0.176. The Morgan fingerprint density at radius 3 is 2.26 bits per heavy atom. The Kier molecular flexibility index (Phi) is 3.13. The number of fused-ring (bicyclic) bond motifs is 1. The highest BCUT2D eigenvalue weighted by atomic mass is 35.5. The molecule has 2 aromatic rings. The Bertz CT molecular complexity index is 886. The number of hydrogen-bond acceptors (Lipinski definition) is 5. The van der Waals surface area contributed by atoms with Gasteiger partial charge in [0.1, 0.15) is 10.5 Å². The number of aromatic nitrogens is 2. The van der Waals surface area contributed by atoms with Gasteiger partial charge in [-0.1, -0.05) is 23.2 Å². The fourth-order valence-corrected chi connectivity index (χ4v) is 1.88. The van der Waals surface area contributed by atoms with Crippen LogP contribution in [0.2, 0.25) is 10.0 Å². The van der Waals surface area contributed by atoms with Gasteiger partial charge >= 0.3 is 22.2 Å². The molecule has 10 heteroatoms. The second-order valence-corrected chi connectivity index (χ2v) is 4.22. The molecule has 0 bridgehead atoms. The maximum absolute atomic E-state index is 11.3. The van der Waals surface area contributed by atoms with Crippen LogP contribution in [0.4, 0.5) is 5.69 Å². The van der Waals surface area contributed by atoms with Gasteiger partial charge in [-0.3, -0.25) is 24.5 Å². The minimum Gasteiger partial charge on any atom is -0.317 e. The molecule has 1 aromatic heterocycles. The number of nitrogens with one attached hydrogen (secondary N) is 2. The molecule has 0 amide bonds. The summed E-state index contributed by atoms with van der Waals surface area (Å²) in [6, 6.07) is 1.10. The van der Waals surface area contributed by atoms with Crippen LogP contribution < -0.4 is 16.5 Å². The normalized spacial score (nSPS) is 10.6. The Morgan fingerprint density at radius 2 is 1.68 bits per heavy atom. The van der Waals surface area contributed by atoms with Gasteiger partial charge in [0.25, 0.3) is 0 Å². The first-order valence-electron chi connectivity index (χ1n) is 4.66. The van der Waals surface area contributed by atoms with Gasteiger partial charge in [-0.2, -0.15) is 0 Å². The van der Waals surface area contributed by atoms with Gasteiger partial charge in [0.15, 0.2) is 0 Å². The van der Waals surface area contributed by atoms with Crippen LogP contribution in [0, 0.1) is 10.1 Å². The van der Waals surface area contributed by atoms with Crippen molar-refractivity contribution in [1.29, 1.82) is 0 Å². The number of rotatable bonds is 1. The molecule has 1 heterocycles. The Labute approximate surface area is 112 Å². The van der Waals surface area contributed by atoms with E-state index < -0.39 is 32.2 Å². The number of aromatic amines is 2. The molecule has 0 aliphatic carbocycles. The molecule has 0 saturated carbocycles. The van der Waals surface area contributed by atoms with Gasteiger partial charge in [0.05, 0.1) is 15.5 Å². The standard InChI is InChI=1S/C9H3Cl2N3O5/c10-2-1-3-5(6(4(2)11)14(18)19)13-9(17)7(15)8(16)12-3/h1H,(H2,12,13,15,16,17). The van der Waals surface area contributed by atoms with Crippen molar-refractivity contribution < 1.29 is 4.92 Å². The predicted octanol–water partition coefficient (Wildman–Crippen LogP) is 0.792. The molecule has 0 aliphatic rings. The van der Waals surface area contributed by atoms with E-state index in [1.807, 2.05) is 9.97 Å². The Hall–Kier alpha value is -2.19. The number of benzene rings is 1. The summed E-state index contributed by atoms with van der Waals surface area (Å²) in [5.41, 5.74) is -5.15. The molecule has 0 atom stereocenters. The first-order valence-corrected chi connectivity index (χ1v) is 5.41. The van der Waals surface area contributed by atoms with Gasteiger partial charge in [0.2, 0.25) is 0 Å². The van der Waals surface area contributed by atoms with Gasteiger partial charge in [-0.25, -0.2) is 0 Å². The fraction of sp³-hybridized carbons (Fsp3) is 0. The van der Waals surface area contributed by atoms with E-state index in [0.717, 1.165) is 6.07 Å². The van der Waals surface area contributed by atoms with Gasteiger partial charge in [-0.15, -0.1) is 0 Å². The number of nitro groups is 1. The van der Waals surface area contributed by atoms with Crippen LogP contribution in [-0.4, -0.2) is 14.9 Å². The van der Waals surface area contributed by atoms with E-state index in [0.29, 0.717) is 0 Å². The third-order valence-electron chi connectivity index (χ3n) is 2.28. The molecular formula is C9H3Cl2N3O5. The molecule has 98 valence electrons. The van der Waals surface area contributed by atoms with E-state index in [2.05, 4.69) is 0 Å². The smallest absolute Gasteiger partial charge is 0.314 e. The number of nitrogens with zero attached hydrogens (tertiary/aromatic N) is 1. The second kappa shape index (κ2) is 4.48. The number of halogens is 2. The monoisotopic (exact) mass is 303 g/mol. The van der Waals surface area contributed by atoms with Gasteiger partial charge < -0.3 is 9.97 Å². The summed E-state index contributed by atoms with van der Waals surface area (Å²) in [6.07, 6.45) is 0. The third kappa shape index (κ3) is 2.11. The number of H-pyrrole nitrogens is 2. The maximum atomic E-state index is 11.3. The quantitative estimate of drug-likeness (QED) is 0.457.